The Hall–Kier alpha value is -1.86. The maximum atomic E-state index is 11.6. The molecule has 1 amide bonds. The normalized spacial score (nSPS) is 13.6. The number of aliphatic hydroxyl groups is 1. The zero-order valence-corrected chi connectivity index (χ0v) is 9.05. The summed E-state index contributed by atoms with van der Waals surface area (Å²) in [7, 11) is 0. The number of carbonyl (C=O) groups excluding carboxylic acids is 1. The van der Waals surface area contributed by atoms with Crippen molar-refractivity contribution in [3.05, 3.63) is 35.9 Å². The van der Waals surface area contributed by atoms with Gasteiger partial charge in [0, 0.05) is 6.54 Å². The Morgan fingerprint density at radius 1 is 1.50 bits per heavy atom. The van der Waals surface area contributed by atoms with Crippen LogP contribution >= 0.6 is 0 Å². The molecule has 0 heterocycles. The van der Waals surface area contributed by atoms with Crippen molar-refractivity contribution in [1.29, 1.82) is 5.26 Å². The molecule has 0 aliphatic rings. The highest BCUT2D eigenvalue weighted by molar-refractivity contribution is 5.86. The molecule has 1 aromatic carbocycles. The first-order valence-electron chi connectivity index (χ1n) is 5.05. The van der Waals surface area contributed by atoms with Crippen molar-refractivity contribution in [2.24, 2.45) is 0 Å². The van der Waals surface area contributed by atoms with Crippen molar-refractivity contribution < 1.29 is 9.90 Å². The van der Waals surface area contributed by atoms with Crippen LogP contribution in [0, 0.1) is 11.3 Å². The second-order valence-electron chi connectivity index (χ2n) is 3.57. The van der Waals surface area contributed by atoms with Gasteiger partial charge < -0.3 is 10.4 Å². The Bertz CT molecular complexity index is 382. The van der Waals surface area contributed by atoms with E-state index in [2.05, 4.69) is 5.32 Å². The first-order chi connectivity index (χ1) is 7.65. The molecule has 2 unspecified atom stereocenters. The zero-order valence-electron chi connectivity index (χ0n) is 9.05. The van der Waals surface area contributed by atoms with Gasteiger partial charge in [0.2, 0.25) is 5.91 Å². The van der Waals surface area contributed by atoms with E-state index in [-0.39, 0.29) is 12.5 Å². The predicted octanol–water partition coefficient (Wildman–Crippen LogP) is 0.791. The van der Waals surface area contributed by atoms with Gasteiger partial charge in [0.25, 0.3) is 0 Å². The molecule has 4 heteroatoms. The van der Waals surface area contributed by atoms with Crippen LogP contribution in [0.4, 0.5) is 0 Å². The highest BCUT2D eigenvalue weighted by Crippen LogP contribution is 2.14. The van der Waals surface area contributed by atoms with E-state index in [1.807, 2.05) is 12.1 Å². The summed E-state index contributed by atoms with van der Waals surface area (Å²) >= 11 is 0. The lowest BCUT2D eigenvalue weighted by atomic mass is 10.00. The topological polar surface area (TPSA) is 73.1 Å². The average Bonchev–Trinajstić information content (AvgIpc) is 2.29. The maximum Gasteiger partial charge on any atom is 0.241 e. The van der Waals surface area contributed by atoms with Gasteiger partial charge in [0.15, 0.2) is 0 Å². The summed E-state index contributed by atoms with van der Waals surface area (Å²) in [6.45, 7) is 1.73. The van der Waals surface area contributed by atoms with Crippen molar-refractivity contribution in [3.8, 4) is 6.07 Å². The zero-order chi connectivity index (χ0) is 12.0. The van der Waals surface area contributed by atoms with E-state index >= 15 is 0 Å². The molecule has 0 saturated heterocycles. The minimum absolute atomic E-state index is 0.157. The summed E-state index contributed by atoms with van der Waals surface area (Å²) in [5.74, 6) is -1.20. The van der Waals surface area contributed by atoms with E-state index in [1.54, 1.807) is 31.2 Å². The molecule has 0 fully saturated rings. The van der Waals surface area contributed by atoms with E-state index in [9.17, 15) is 4.79 Å². The number of carbonyl (C=O) groups is 1. The number of hydrogen-bond donors (Lipinski definition) is 2. The third-order valence-electron chi connectivity index (χ3n) is 2.10. The fourth-order valence-electron chi connectivity index (χ4n) is 1.28. The van der Waals surface area contributed by atoms with Gasteiger partial charge in [0.1, 0.15) is 5.92 Å². The minimum atomic E-state index is -0.819. The van der Waals surface area contributed by atoms with Crippen molar-refractivity contribution in [2.45, 2.75) is 18.9 Å². The van der Waals surface area contributed by atoms with Gasteiger partial charge in [0.05, 0.1) is 12.2 Å². The van der Waals surface area contributed by atoms with Gasteiger partial charge in [-0.25, -0.2) is 0 Å². The van der Waals surface area contributed by atoms with Crippen LogP contribution in [-0.4, -0.2) is 23.7 Å². The SMILES string of the molecule is CC(O)CNC(=O)C(C#N)c1ccccc1. The van der Waals surface area contributed by atoms with E-state index < -0.39 is 12.0 Å². The molecule has 0 spiro atoms. The summed E-state index contributed by atoms with van der Waals surface area (Å²) in [6.07, 6.45) is -0.612. The monoisotopic (exact) mass is 218 g/mol. The van der Waals surface area contributed by atoms with Crippen LogP contribution in [0.3, 0.4) is 0 Å². The first kappa shape index (κ1) is 12.2. The van der Waals surface area contributed by atoms with E-state index in [0.717, 1.165) is 0 Å². The van der Waals surface area contributed by atoms with Gasteiger partial charge in [-0.15, -0.1) is 0 Å². The van der Waals surface area contributed by atoms with Crippen LogP contribution in [0.5, 0.6) is 0 Å². The lowest BCUT2D eigenvalue weighted by Crippen LogP contribution is -2.34. The third-order valence-corrected chi connectivity index (χ3v) is 2.10. The summed E-state index contributed by atoms with van der Waals surface area (Å²) in [6, 6.07) is 10.8. The Morgan fingerprint density at radius 2 is 2.12 bits per heavy atom. The number of nitrogens with one attached hydrogen (secondary N) is 1. The molecular formula is C12H14N2O2. The standard InChI is InChI=1S/C12H14N2O2/c1-9(15)8-14-12(16)11(7-13)10-5-3-2-4-6-10/h2-6,9,11,15H,8H2,1H3,(H,14,16). The second-order valence-corrected chi connectivity index (χ2v) is 3.57. The van der Waals surface area contributed by atoms with Gasteiger partial charge in [-0.05, 0) is 12.5 Å². The third kappa shape index (κ3) is 3.37. The highest BCUT2D eigenvalue weighted by atomic mass is 16.3. The van der Waals surface area contributed by atoms with Crippen LogP contribution in [0.15, 0.2) is 30.3 Å². The number of nitriles is 1. The number of benzene rings is 1. The molecule has 16 heavy (non-hydrogen) atoms. The molecule has 0 radical (unpaired) electrons. The van der Waals surface area contributed by atoms with Crippen LogP contribution in [0.1, 0.15) is 18.4 Å². The smallest absolute Gasteiger partial charge is 0.241 e. The molecule has 1 aromatic rings. The number of nitrogens with zero attached hydrogens (tertiary/aromatic N) is 1. The fraction of sp³-hybridized carbons (Fsp3) is 0.333. The Kier molecular flexibility index (Phi) is 4.49. The Balaban J connectivity index is 2.69. The van der Waals surface area contributed by atoms with E-state index in [4.69, 9.17) is 10.4 Å². The predicted molar refractivity (Wildman–Crippen MR) is 59.5 cm³/mol. The molecule has 0 aromatic heterocycles. The summed E-state index contributed by atoms with van der Waals surface area (Å²) in [5, 5.41) is 20.5. The second kappa shape index (κ2) is 5.89. The van der Waals surface area contributed by atoms with Crippen molar-refractivity contribution in [3.63, 3.8) is 0 Å². The summed E-state index contributed by atoms with van der Waals surface area (Å²) < 4.78 is 0. The molecule has 0 aliphatic carbocycles. The largest absolute Gasteiger partial charge is 0.392 e. The molecular weight excluding hydrogens is 204 g/mol. The molecule has 0 bridgehead atoms. The Morgan fingerprint density at radius 3 is 2.62 bits per heavy atom. The average molecular weight is 218 g/mol. The number of amides is 1. The maximum absolute atomic E-state index is 11.6. The molecule has 84 valence electrons. The number of aliphatic hydroxyl groups excluding tert-OH is 1. The van der Waals surface area contributed by atoms with E-state index in [0.29, 0.717) is 5.56 Å². The van der Waals surface area contributed by atoms with Gasteiger partial charge >= 0.3 is 0 Å². The van der Waals surface area contributed by atoms with Crippen molar-refractivity contribution in [2.75, 3.05) is 6.54 Å². The summed E-state index contributed by atoms with van der Waals surface area (Å²) in [5.41, 5.74) is 0.660. The van der Waals surface area contributed by atoms with Crippen LogP contribution < -0.4 is 5.32 Å². The lowest BCUT2D eigenvalue weighted by molar-refractivity contribution is -0.121. The molecule has 0 aliphatic heterocycles. The first-order valence-corrected chi connectivity index (χ1v) is 5.05. The van der Waals surface area contributed by atoms with Gasteiger partial charge in [-0.3, -0.25) is 4.79 Å². The molecule has 2 N–H and O–H groups in total. The molecule has 0 saturated carbocycles. The number of rotatable bonds is 4. The molecule has 2 atom stereocenters. The van der Waals surface area contributed by atoms with E-state index in [1.165, 1.54) is 0 Å². The van der Waals surface area contributed by atoms with Crippen LogP contribution in [-0.2, 0) is 4.79 Å². The lowest BCUT2D eigenvalue weighted by Gasteiger charge is -2.11. The number of hydrogen-bond acceptors (Lipinski definition) is 3. The Labute approximate surface area is 94.5 Å². The molecule has 4 nitrogen and oxygen atoms in total. The van der Waals surface area contributed by atoms with Gasteiger partial charge in [-0.2, -0.15) is 5.26 Å². The molecule has 1 rings (SSSR count). The minimum Gasteiger partial charge on any atom is -0.392 e. The summed E-state index contributed by atoms with van der Waals surface area (Å²) in [4.78, 5) is 11.6. The van der Waals surface area contributed by atoms with Crippen LogP contribution in [0.2, 0.25) is 0 Å². The van der Waals surface area contributed by atoms with Crippen molar-refractivity contribution in [1.82, 2.24) is 5.32 Å². The fourth-order valence-corrected chi connectivity index (χ4v) is 1.28. The highest BCUT2D eigenvalue weighted by Gasteiger charge is 2.19. The van der Waals surface area contributed by atoms with Crippen molar-refractivity contribution >= 4 is 5.91 Å². The van der Waals surface area contributed by atoms with Crippen LogP contribution in [0.25, 0.3) is 0 Å². The van der Waals surface area contributed by atoms with Gasteiger partial charge in [-0.1, -0.05) is 30.3 Å². The quantitative estimate of drug-likeness (QED) is 0.784.